The molecule has 1 saturated heterocycles. The summed E-state index contributed by atoms with van der Waals surface area (Å²) in [5, 5.41) is 3.54. The molecule has 1 aliphatic rings. The van der Waals surface area contributed by atoms with E-state index in [1.807, 2.05) is 6.07 Å². The predicted molar refractivity (Wildman–Crippen MR) is 62.3 cm³/mol. The van der Waals surface area contributed by atoms with Gasteiger partial charge in [-0.1, -0.05) is 6.92 Å². The maximum atomic E-state index is 4.59. The Bertz CT molecular complexity index is 497. The third kappa shape index (κ3) is 1.41. The fraction of sp³-hybridized carbons (Fsp3) is 0.500. The summed E-state index contributed by atoms with van der Waals surface area (Å²) >= 11 is 0. The van der Waals surface area contributed by atoms with Crippen LogP contribution in [-0.4, -0.2) is 20.9 Å². The Morgan fingerprint density at radius 3 is 3.25 bits per heavy atom. The van der Waals surface area contributed by atoms with Gasteiger partial charge in [-0.15, -0.1) is 0 Å². The molecule has 2 aromatic rings. The molecule has 0 aliphatic carbocycles. The van der Waals surface area contributed by atoms with Crippen LogP contribution in [0.2, 0.25) is 0 Å². The van der Waals surface area contributed by atoms with E-state index in [1.165, 1.54) is 24.2 Å². The highest BCUT2D eigenvalue weighted by molar-refractivity contribution is 5.37. The van der Waals surface area contributed by atoms with Gasteiger partial charge >= 0.3 is 0 Å². The maximum absolute atomic E-state index is 4.59. The van der Waals surface area contributed by atoms with Crippen molar-refractivity contribution in [1.29, 1.82) is 0 Å². The van der Waals surface area contributed by atoms with Crippen molar-refractivity contribution in [2.45, 2.75) is 32.2 Å². The third-order valence-electron chi connectivity index (χ3n) is 3.24. The highest BCUT2D eigenvalue weighted by atomic mass is 15.1. The molecule has 1 atom stereocenters. The van der Waals surface area contributed by atoms with E-state index >= 15 is 0 Å². The topological polar surface area (TPSA) is 42.2 Å². The first-order valence-electron chi connectivity index (χ1n) is 5.95. The highest BCUT2D eigenvalue weighted by Gasteiger charge is 2.23. The SMILES string of the molecule is CCc1nc2ncccn2c1C1CCCN1. The van der Waals surface area contributed by atoms with Crippen LogP contribution in [0.4, 0.5) is 0 Å². The van der Waals surface area contributed by atoms with Crippen molar-refractivity contribution in [3.8, 4) is 0 Å². The first kappa shape index (κ1) is 9.78. The Balaban J connectivity index is 2.18. The Hall–Kier alpha value is -1.42. The van der Waals surface area contributed by atoms with E-state index in [0.29, 0.717) is 6.04 Å². The van der Waals surface area contributed by atoms with E-state index in [4.69, 9.17) is 0 Å². The molecule has 3 heterocycles. The molecule has 0 bridgehead atoms. The largest absolute Gasteiger partial charge is 0.309 e. The zero-order valence-corrected chi connectivity index (χ0v) is 9.48. The maximum Gasteiger partial charge on any atom is 0.234 e. The second kappa shape index (κ2) is 3.87. The standard InChI is InChI=1S/C12H16N4/c1-2-9-11(10-5-3-6-13-10)16-8-4-7-14-12(16)15-9/h4,7-8,10,13H,2-3,5-6H2,1H3. The molecule has 1 aliphatic heterocycles. The molecule has 16 heavy (non-hydrogen) atoms. The van der Waals surface area contributed by atoms with E-state index in [1.54, 1.807) is 6.20 Å². The molecule has 4 heteroatoms. The second-order valence-electron chi connectivity index (χ2n) is 4.24. The first-order valence-corrected chi connectivity index (χ1v) is 5.95. The van der Waals surface area contributed by atoms with Crippen LogP contribution in [0, 0.1) is 0 Å². The number of hydrogen-bond donors (Lipinski definition) is 1. The monoisotopic (exact) mass is 216 g/mol. The van der Waals surface area contributed by atoms with Crippen molar-refractivity contribution in [3.63, 3.8) is 0 Å². The summed E-state index contributed by atoms with van der Waals surface area (Å²) < 4.78 is 2.13. The Kier molecular flexibility index (Phi) is 2.36. The van der Waals surface area contributed by atoms with Crippen molar-refractivity contribution in [1.82, 2.24) is 19.7 Å². The molecule has 0 radical (unpaired) electrons. The van der Waals surface area contributed by atoms with E-state index in [-0.39, 0.29) is 0 Å². The summed E-state index contributed by atoms with van der Waals surface area (Å²) in [4.78, 5) is 8.89. The molecule has 2 aromatic heterocycles. The molecule has 0 spiro atoms. The Morgan fingerprint density at radius 1 is 1.56 bits per heavy atom. The van der Waals surface area contributed by atoms with Gasteiger partial charge in [0.1, 0.15) is 0 Å². The third-order valence-corrected chi connectivity index (χ3v) is 3.24. The number of fused-ring (bicyclic) bond motifs is 1. The highest BCUT2D eigenvalue weighted by Crippen LogP contribution is 2.26. The summed E-state index contributed by atoms with van der Waals surface area (Å²) in [6.45, 7) is 3.27. The minimum atomic E-state index is 0.453. The average molecular weight is 216 g/mol. The summed E-state index contributed by atoms with van der Waals surface area (Å²) in [5.41, 5.74) is 2.49. The number of rotatable bonds is 2. The van der Waals surface area contributed by atoms with Gasteiger partial charge < -0.3 is 5.32 Å². The molecule has 1 N–H and O–H groups in total. The van der Waals surface area contributed by atoms with E-state index in [0.717, 1.165) is 18.7 Å². The summed E-state index contributed by atoms with van der Waals surface area (Å²) in [6.07, 6.45) is 7.28. The van der Waals surface area contributed by atoms with Gasteiger partial charge in [0.15, 0.2) is 0 Å². The number of nitrogens with one attached hydrogen (secondary N) is 1. The van der Waals surface area contributed by atoms with Crippen molar-refractivity contribution < 1.29 is 0 Å². The molecule has 3 rings (SSSR count). The van der Waals surface area contributed by atoms with Crippen LogP contribution in [-0.2, 0) is 6.42 Å². The first-order chi connectivity index (χ1) is 7.90. The van der Waals surface area contributed by atoms with Gasteiger partial charge in [-0.2, -0.15) is 0 Å². The average Bonchev–Trinajstić information content (AvgIpc) is 2.94. The minimum absolute atomic E-state index is 0.453. The van der Waals surface area contributed by atoms with Gasteiger partial charge in [0.05, 0.1) is 11.4 Å². The van der Waals surface area contributed by atoms with Gasteiger partial charge in [-0.25, -0.2) is 9.97 Å². The quantitative estimate of drug-likeness (QED) is 0.831. The molecule has 0 saturated carbocycles. The second-order valence-corrected chi connectivity index (χ2v) is 4.24. The number of aromatic nitrogens is 3. The van der Waals surface area contributed by atoms with Crippen molar-refractivity contribution in [3.05, 3.63) is 29.8 Å². The molecule has 1 fully saturated rings. The van der Waals surface area contributed by atoms with Gasteiger partial charge in [-0.3, -0.25) is 4.40 Å². The van der Waals surface area contributed by atoms with Crippen molar-refractivity contribution >= 4 is 5.78 Å². The van der Waals surface area contributed by atoms with Crippen molar-refractivity contribution in [2.75, 3.05) is 6.54 Å². The Morgan fingerprint density at radius 2 is 2.50 bits per heavy atom. The van der Waals surface area contributed by atoms with E-state index in [9.17, 15) is 0 Å². The molecule has 0 aromatic carbocycles. The van der Waals surface area contributed by atoms with Crippen molar-refractivity contribution in [2.24, 2.45) is 0 Å². The molecule has 84 valence electrons. The molecular formula is C12H16N4. The molecule has 4 nitrogen and oxygen atoms in total. The summed E-state index contributed by atoms with van der Waals surface area (Å²) in [5.74, 6) is 0.822. The van der Waals surface area contributed by atoms with Gasteiger partial charge in [0.25, 0.3) is 0 Å². The lowest BCUT2D eigenvalue weighted by Gasteiger charge is -2.11. The van der Waals surface area contributed by atoms with Crippen LogP contribution in [0.5, 0.6) is 0 Å². The smallest absolute Gasteiger partial charge is 0.234 e. The van der Waals surface area contributed by atoms with Gasteiger partial charge in [0.2, 0.25) is 5.78 Å². The van der Waals surface area contributed by atoms with E-state index < -0.39 is 0 Å². The fourth-order valence-electron chi connectivity index (χ4n) is 2.50. The zero-order valence-electron chi connectivity index (χ0n) is 9.48. The number of aryl methyl sites for hydroxylation is 1. The molecule has 0 amide bonds. The normalized spacial score (nSPS) is 20.7. The summed E-state index contributed by atoms with van der Waals surface area (Å²) in [7, 11) is 0. The van der Waals surface area contributed by atoms with Crippen LogP contribution in [0.1, 0.15) is 37.2 Å². The van der Waals surface area contributed by atoms with Gasteiger partial charge in [-0.05, 0) is 31.9 Å². The summed E-state index contributed by atoms with van der Waals surface area (Å²) in [6, 6.07) is 2.42. The van der Waals surface area contributed by atoms with Crippen LogP contribution in [0.15, 0.2) is 18.5 Å². The number of hydrogen-bond acceptors (Lipinski definition) is 3. The lowest BCUT2D eigenvalue weighted by molar-refractivity contribution is 0.614. The lowest BCUT2D eigenvalue weighted by Crippen LogP contribution is -2.16. The minimum Gasteiger partial charge on any atom is -0.309 e. The fourth-order valence-corrected chi connectivity index (χ4v) is 2.50. The van der Waals surface area contributed by atoms with E-state index in [2.05, 4.69) is 32.8 Å². The molecule has 1 unspecified atom stereocenters. The van der Waals surface area contributed by atoms with Crippen LogP contribution < -0.4 is 5.32 Å². The lowest BCUT2D eigenvalue weighted by atomic mass is 10.1. The Labute approximate surface area is 94.7 Å². The number of imidazole rings is 1. The number of nitrogens with zero attached hydrogens (tertiary/aromatic N) is 3. The van der Waals surface area contributed by atoms with Crippen LogP contribution in [0.25, 0.3) is 5.78 Å². The van der Waals surface area contributed by atoms with Gasteiger partial charge in [0, 0.05) is 18.4 Å². The van der Waals surface area contributed by atoms with Crippen LogP contribution in [0.3, 0.4) is 0 Å². The van der Waals surface area contributed by atoms with Crippen LogP contribution >= 0.6 is 0 Å². The zero-order chi connectivity index (χ0) is 11.0. The molecular weight excluding hydrogens is 200 g/mol. The predicted octanol–water partition coefficient (Wildman–Crippen LogP) is 1.72.